The van der Waals surface area contributed by atoms with Gasteiger partial charge in [0.25, 0.3) is 11.8 Å². The summed E-state index contributed by atoms with van der Waals surface area (Å²) < 4.78 is 0. The first kappa shape index (κ1) is 35.5. The van der Waals surface area contributed by atoms with Crippen LogP contribution in [0.5, 0.6) is 0 Å². The van der Waals surface area contributed by atoms with Crippen LogP contribution in [0.25, 0.3) is 0 Å². The van der Waals surface area contributed by atoms with Gasteiger partial charge in [-0.3, -0.25) is 19.6 Å². The fraction of sp³-hybridized carbons (Fsp3) is 0.364. The van der Waals surface area contributed by atoms with E-state index in [-0.39, 0.29) is 49.6 Å². The molecule has 0 aliphatic rings. The first-order valence-corrected chi connectivity index (χ1v) is 10.6. The van der Waals surface area contributed by atoms with Gasteiger partial charge in [-0.05, 0) is 52.0 Å². The molecule has 8 nitrogen and oxygen atoms in total. The summed E-state index contributed by atoms with van der Waals surface area (Å²) >= 11 is 7.40. The fourth-order valence-corrected chi connectivity index (χ4v) is 2.37. The third-order valence-electron chi connectivity index (χ3n) is 3.92. The van der Waals surface area contributed by atoms with E-state index in [1.54, 1.807) is 58.9 Å². The number of pyridine rings is 2. The second kappa shape index (κ2) is 24.6. The smallest absolute Gasteiger partial charge is 0.696 e. The first-order chi connectivity index (χ1) is 15.4. The van der Waals surface area contributed by atoms with Crippen molar-refractivity contribution in [1.29, 1.82) is 10.5 Å². The molecule has 0 aliphatic carbocycles. The molecule has 33 heavy (non-hydrogen) atoms. The van der Waals surface area contributed by atoms with Crippen molar-refractivity contribution >= 4 is 74.8 Å². The summed E-state index contributed by atoms with van der Waals surface area (Å²) in [6.07, 6.45) is 6.53. The van der Waals surface area contributed by atoms with Gasteiger partial charge in [-0.15, -0.1) is 0 Å². The number of hydrogen-bond donors (Lipinski definition) is 0. The van der Waals surface area contributed by atoms with Crippen molar-refractivity contribution in [3.63, 3.8) is 0 Å². The molecule has 0 atom stereocenters. The average Bonchev–Trinajstić information content (AvgIpc) is 2.83. The van der Waals surface area contributed by atoms with Gasteiger partial charge in [0.15, 0.2) is 0 Å². The standard InChI is InChI=1S/2C10H14N2O.2CHNS.Ca/c2*1-3-12(4-2)10(13)9-6-5-7-11-8-9;2*2-1-3;/h2*5-8H,3-4H2,1-2H3;2*3H;/q;;;;+2/p-2. The van der Waals surface area contributed by atoms with Crippen LogP contribution in [0, 0.1) is 21.3 Å². The summed E-state index contributed by atoms with van der Waals surface area (Å²) in [5.74, 6) is 0.108. The SMILES string of the molecule is CCN(CC)C(=O)c1cccnc1.CCN(CC)C(=O)c1cccnc1.N#C[S-].N#C[S-].[Ca+2]. The van der Waals surface area contributed by atoms with E-state index < -0.39 is 0 Å². The van der Waals surface area contributed by atoms with Gasteiger partial charge in [-0.2, -0.15) is 0 Å². The first-order valence-electron chi connectivity index (χ1n) is 9.83. The maximum atomic E-state index is 11.7. The zero-order valence-corrected chi connectivity index (χ0v) is 23.3. The van der Waals surface area contributed by atoms with E-state index in [0.29, 0.717) is 11.1 Å². The maximum absolute atomic E-state index is 11.7. The number of carbonyl (C=O) groups excluding carboxylic acids is 2. The second-order valence-corrected chi connectivity index (χ2v) is 5.99. The van der Waals surface area contributed by atoms with E-state index in [0.717, 1.165) is 26.2 Å². The van der Waals surface area contributed by atoms with Crippen molar-refractivity contribution < 1.29 is 9.59 Å². The molecular formula is C22H28CaN6O2S2. The Hall–Kier alpha value is -2.08. The van der Waals surface area contributed by atoms with Gasteiger partial charge in [0.05, 0.1) is 11.1 Å². The van der Waals surface area contributed by atoms with Gasteiger partial charge in [0.2, 0.25) is 0 Å². The van der Waals surface area contributed by atoms with E-state index in [4.69, 9.17) is 10.5 Å². The predicted molar refractivity (Wildman–Crippen MR) is 135 cm³/mol. The molecule has 0 saturated heterocycles. The van der Waals surface area contributed by atoms with Crippen LogP contribution >= 0.6 is 0 Å². The van der Waals surface area contributed by atoms with Gasteiger partial charge < -0.3 is 35.1 Å². The minimum absolute atomic E-state index is 0. The topological polar surface area (TPSA) is 114 Å². The molecule has 0 fully saturated rings. The van der Waals surface area contributed by atoms with Crippen molar-refractivity contribution in [2.45, 2.75) is 27.7 Å². The number of carbonyl (C=O) groups is 2. The summed E-state index contributed by atoms with van der Waals surface area (Å²) in [6, 6.07) is 7.12. The Morgan fingerprint density at radius 2 is 1.06 bits per heavy atom. The van der Waals surface area contributed by atoms with Crippen LogP contribution in [0.15, 0.2) is 49.1 Å². The van der Waals surface area contributed by atoms with Gasteiger partial charge in [-0.25, -0.2) is 10.5 Å². The molecule has 172 valence electrons. The van der Waals surface area contributed by atoms with Crippen LogP contribution in [0.2, 0.25) is 0 Å². The zero-order valence-electron chi connectivity index (χ0n) is 19.5. The molecular weight excluding hydrogens is 484 g/mol. The Kier molecular flexibility index (Phi) is 26.4. The molecule has 2 amide bonds. The van der Waals surface area contributed by atoms with Crippen LogP contribution < -0.4 is 0 Å². The molecule has 0 spiro atoms. The molecule has 2 rings (SSSR count). The number of nitrogens with zero attached hydrogens (tertiary/aromatic N) is 6. The largest absolute Gasteiger partial charge is 2.00 e. The van der Waals surface area contributed by atoms with Crippen molar-refractivity contribution in [3.8, 4) is 10.8 Å². The number of thiocyanates is 2. The van der Waals surface area contributed by atoms with Crippen molar-refractivity contribution in [3.05, 3.63) is 60.2 Å². The van der Waals surface area contributed by atoms with Crippen molar-refractivity contribution in [2.75, 3.05) is 26.2 Å². The van der Waals surface area contributed by atoms with Crippen LogP contribution in [0.3, 0.4) is 0 Å². The molecule has 0 saturated carbocycles. The summed E-state index contributed by atoms with van der Waals surface area (Å²) in [7, 11) is 0. The average molecular weight is 513 g/mol. The summed E-state index contributed by atoms with van der Waals surface area (Å²) in [4.78, 5) is 34.8. The number of amides is 2. The third-order valence-corrected chi connectivity index (χ3v) is 3.92. The fourth-order valence-electron chi connectivity index (χ4n) is 2.37. The Morgan fingerprint density at radius 1 is 0.788 bits per heavy atom. The van der Waals surface area contributed by atoms with Crippen LogP contribution in [0.1, 0.15) is 48.4 Å². The molecule has 11 heteroatoms. The quantitative estimate of drug-likeness (QED) is 0.330. The number of nitriles is 2. The summed E-state index contributed by atoms with van der Waals surface area (Å²) in [6.45, 7) is 10.8. The molecule has 0 N–H and O–H groups in total. The van der Waals surface area contributed by atoms with E-state index >= 15 is 0 Å². The maximum Gasteiger partial charge on any atom is 2.00 e. The van der Waals surface area contributed by atoms with E-state index in [1.165, 1.54) is 10.8 Å². The van der Waals surface area contributed by atoms with Crippen LogP contribution in [0.4, 0.5) is 0 Å². The van der Waals surface area contributed by atoms with Gasteiger partial charge in [0.1, 0.15) is 0 Å². The number of aromatic nitrogens is 2. The number of rotatable bonds is 6. The Bertz CT molecular complexity index is 766. The normalized spacial score (nSPS) is 8.06. The van der Waals surface area contributed by atoms with Crippen LogP contribution in [-0.2, 0) is 25.3 Å². The minimum Gasteiger partial charge on any atom is -0.696 e. The van der Waals surface area contributed by atoms with Gasteiger partial charge >= 0.3 is 37.7 Å². The molecule has 0 aliphatic heterocycles. The Balaban J connectivity index is -0.000000430. The zero-order chi connectivity index (χ0) is 24.8. The van der Waals surface area contributed by atoms with Crippen molar-refractivity contribution in [1.82, 2.24) is 19.8 Å². The van der Waals surface area contributed by atoms with E-state index in [2.05, 4.69) is 35.2 Å². The molecule has 2 aromatic heterocycles. The summed E-state index contributed by atoms with van der Waals surface area (Å²) in [5, 5.41) is 16.9. The minimum atomic E-state index is 0. The molecule has 2 heterocycles. The van der Waals surface area contributed by atoms with E-state index in [9.17, 15) is 9.59 Å². The van der Waals surface area contributed by atoms with Crippen molar-refractivity contribution in [2.24, 2.45) is 0 Å². The predicted octanol–water partition coefficient (Wildman–Crippen LogP) is 2.78. The molecule has 0 radical (unpaired) electrons. The summed E-state index contributed by atoms with van der Waals surface area (Å²) in [5.41, 5.74) is 1.32. The van der Waals surface area contributed by atoms with Gasteiger partial charge in [0, 0.05) is 51.0 Å². The number of hydrogen-bond acceptors (Lipinski definition) is 8. The Morgan fingerprint density at radius 3 is 1.24 bits per heavy atom. The Labute approximate surface area is 237 Å². The molecule has 0 bridgehead atoms. The van der Waals surface area contributed by atoms with E-state index in [1.807, 2.05) is 27.7 Å². The second-order valence-electron chi connectivity index (χ2n) is 5.62. The monoisotopic (exact) mass is 512 g/mol. The third kappa shape index (κ3) is 16.2. The van der Waals surface area contributed by atoms with Crippen LogP contribution in [-0.4, -0.2) is 95.5 Å². The molecule has 0 aromatic carbocycles. The van der Waals surface area contributed by atoms with Gasteiger partial charge in [-0.1, -0.05) is 10.8 Å². The molecule has 2 aromatic rings. The molecule has 0 unspecified atom stereocenters.